The van der Waals surface area contributed by atoms with Crippen LogP contribution in [-0.2, 0) is 0 Å². The van der Waals surface area contributed by atoms with E-state index in [1.54, 1.807) is 10.6 Å². The van der Waals surface area contributed by atoms with Crippen molar-refractivity contribution < 1.29 is 8.78 Å². The summed E-state index contributed by atoms with van der Waals surface area (Å²) < 4.78 is 28.5. The van der Waals surface area contributed by atoms with Crippen LogP contribution in [0.5, 0.6) is 0 Å². The predicted molar refractivity (Wildman–Crippen MR) is 63.3 cm³/mol. The van der Waals surface area contributed by atoms with Crippen LogP contribution in [0.4, 0.5) is 8.78 Å². The molecule has 0 saturated carbocycles. The first-order valence-corrected chi connectivity index (χ1v) is 5.48. The van der Waals surface area contributed by atoms with Gasteiger partial charge in [0.05, 0.1) is 11.8 Å². The third-order valence-electron chi connectivity index (χ3n) is 2.60. The highest BCUT2D eigenvalue weighted by molar-refractivity contribution is 6.32. The first-order valence-electron chi connectivity index (χ1n) is 5.10. The highest BCUT2D eigenvalue weighted by atomic mass is 35.5. The molecule has 18 heavy (non-hydrogen) atoms. The molecule has 2 aromatic heterocycles. The molecule has 0 aliphatic rings. The molecule has 2 heterocycles. The van der Waals surface area contributed by atoms with Gasteiger partial charge < -0.3 is 0 Å². The molecule has 6 heteroatoms. The molecule has 1 aromatic carbocycles. The van der Waals surface area contributed by atoms with Gasteiger partial charge in [-0.2, -0.15) is 0 Å². The van der Waals surface area contributed by atoms with Crippen LogP contribution >= 0.6 is 11.6 Å². The van der Waals surface area contributed by atoms with Gasteiger partial charge in [0.15, 0.2) is 16.8 Å². The van der Waals surface area contributed by atoms with E-state index in [4.69, 9.17) is 11.6 Å². The van der Waals surface area contributed by atoms with E-state index >= 15 is 0 Å². The van der Waals surface area contributed by atoms with Gasteiger partial charge in [0.25, 0.3) is 0 Å². The zero-order chi connectivity index (χ0) is 12.7. The minimum Gasteiger partial charge on any atom is -0.295 e. The first-order chi connectivity index (χ1) is 8.68. The van der Waals surface area contributed by atoms with Crippen molar-refractivity contribution in [3.63, 3.8) is 0 Å². The van der Waals surface area contributed by atoms with E-state index in [0.717, 1.165) is 6.07 Å². The Bertz CT molecular complexity index is 739. The molecule has 0 radical (unpaired) electrons. The minimum absolute atomic E-state index is 0.0808. The highest BCUT2D eigenvalue weighted by Gasteiger charge is 2.15. The van der Waals surface area contributed by atoms with Crippen LogP contribution in [0, 0.1) is 11.6 Å². The van der Waals surface area contributed by atoms with Gasteiger partial charge in [-0.25, -0.2) is 18.7 Å². The first kappa shape index (κ1) is 11.1. The summed E-state index contributed by atoms with van der Waals surface area (Å²) in [5.41, 5.74) is 0.620. The Balaban J connectivity index is 2.33. The Labute approximate surface area is 106 Å². The number of benzene rings is 1. The van der Waals surface area contributed by atoms with Crippen molar-refractivity contribution in [1.29, 1.82) is 0 Å². The van der Waals surface area contributed by atoms with Crippen molar-refractivity contribution >= 4 is 17.1 Å². The Morgan fingerprint density at radius 3 is 2.83 bits per heavy atom. The lowest BCUT2D eigenvalue weighted by atomic mass is 10.2. The summed E-state index contributed by atoms with van der Waals surface area (Å²) in [4.78, 5) is 7.95. The van der Waals surface area contributed by atoms with Gasteiger partial charge in [-0.1, -0.05) is 17.7 Å². The summed E-state index contributed by atoms with van der Waals surface area (Å²) in [6.07, 6.45) is 4.53. The normalized spacial score (nSPS) is 11.1. The van der Waals surface area contributed by atoms with E-state index in [1.165, 1.54) is 24.5 Å². The van der Waals surface area contributed by atoms with E-state index in [2.05, 4.69) is 9.97 Å². The summed E-state index contributed by atoms with van der Waals surface area (Å²) >= 11 is 5.89. The molecular weight excluding hydrogens is 260 g/mol. The number of imidazole rings is 1. The molecule has 90 valence electrons. The highest BCUT2D eigenvalue weighted by Crippen LogP contribution is 2.25. The van der Waals surface area contributed by atoms with Crippen molar-refractivity contribution in [3.05, 3.63) is 53.6 Å². The standard InChI is InChI=1S/C12H6ClF2N3/c13-11-9-6-17-12(18(9)5-4-16-11)7-2-1-3-8(14)10(7)15/h1-6H. The number of hydrogen-bond donors (Lipinski definition) is 0. The molecule has 0 spiro atoms. The number of hydrogen-bond acceptors (Lipinski definition) is 2. The van der Waals surface area contributed by atoms with Crippen LogP contribution in [0.3, 0.4) is 0 Å². The molecule has 0 bridgehead atoms. The topological polar surface area (TPSA) is 30.2 Å². The minimum atomic E-state index is -0.932. The van der Waals surface area contributed by atoms with Gasteiger partial charge in [0, 0.05) is 12.4 Å². The van der Waals surface area contributed by atoms with Gasteiger partial charge in [-0.05, 0) is 12.1 Å². The Morgan fingerprint density at radius 1 is 1.17 bits per heavy atom. The maximum atomic E-state index is 13.7. The van der Waals surface area contributed by atoms with Crippen molar-refractivity contribution in [1.82, 2.24) is 14.4 Å². The molecule has 0 N–H and O–H groups in total. The van der Waals surface area contributed by atoms with E-state index in [-0.39, 0.29) is 16.5 Å². The Morgan fingerprint density at radius 2 is 2.00 bits per heavy atom. The van der Waals surface area contributed by atoms with Crippen LogP contribution in [0.25, 0.3) is 16.9 Å². The zero-order valence-corrected chi connectivity index (χ0v) is 9.70. The van der Waals surface area contributed by atoms with Crippen LogP contribution in [0.2, 0.25) is 5.15 Å². The van der Waals surface area contributed by atoms with Gasteiger partial charge in [0.1, 0.15) is 11.3 Å². The fourth-order valence-electron chi connectivity index (χ4n) is 1.77. The molecule has 0 aliphatic heterocycles. The van der Waals surface area contributed by atoms with E-state index < -0.39 is 11.6 Å². The third-order valence-corrected chi connectivity index (χ3v) is 2.90. The van der Waals surface area contributed by atoms with Crippen LogP contribution in [0.15, 0.2) is 36.8 Å². The van der Waals surface area contributed by atoms with E-state index in [9.17, 15) is 8.78 Å². The molecule has 0 aliphatic carbocycles. The monoisotopic (exact) mass is 265 g/mol. The molecule has 0 amide bonds. The quantitative estimate of drug-likeness (QED) is 0.676. The average molecular weight is 266 g/mol. The molecule has 0 unspecified atom stereocenters. The summed E-state index contributed by atoms with van der Waals surface area (Å²) in [6.45, 7) is 0. The molecular formula is C12H6ClF2N3. The lowest BCUT2D eigenvalue weighted by Crippen LogP contribution is -1.95. The Kier molecular flexibility index (Phi) is 2.48. The van der Waals surface area contributed by atoms with Crippen molar-refractivity contribution in [2.24, 2.45) is 0 Å². The summed E-state index contributed by atoms with van der Waals surface area (Å²) in [5, 5.41) is 0.257. The second-order valence-corrected chi connectivity index (χ2v) is 4.01. The van der Waals surface area contributed by atoms with E-state index in [0.29, 0.717) is 5.52 Å². The number of aromatic nitrogens is 3. The summed E-state index contributed by atoms with van der Waals surface area (Å²) in [7, 11) is 0. The molecule has 3 nitrogen and oxygen atoms in total. The van der Waals surface area contributed by atoms with Crippen molar-refractivity contribution in [3.8, 4) is 11.4 Å². The fraction of sp³-hybridized carbons (Fsp3) is 0. The maximum Gasteiger partial charge on any atom is 0.169 e. The largest absolute Gasteiger partial charge is 0.295 e. The number of rotatable bonds is 1. The molecule has 3 aromatic rings. The van der Waals surface area contributed by atoms with Gasteiger partial charge in [0.2, 0.25) is 0 Å². The van der Waals surface area contributed by atoms with Crippen LogP contribution in [0.1, 0.15) is 0 Å². The SMILES string of the molecule is Fc1cccc(-c2ncc3c(Cl)nccn23)c1F. The smallest absolute Gasteiger partial charge is 0.169 e. The lowest BCUT2D eigenvalue weighted by molar-refractivity contribution is 0.510. The fourth-order valence-corrected chi connectivity index (χ4v) is 1.97. The molecule has 3 rings (SSSR count). The average Bonchev–Trinajstić information content (AvgIpc) is 2.78. The molecule has 0 atom stereocenters. The van der Waals surface area contributed by atoms with Gasteiger partial charge in [-0.15, -0.1) is 0 Å². The second kappa shape index (κ2) is 4.03. The van der Waals surface area contributed by atoms with Gasteiger partial charge >= 0.3 is 0 Å². The number of halogens is 3. The number of fused-ring (bicyclic) bond motifs is 1. The van der Waals surface area contributed by atoms with Crippen molar-refractivity contribution in [2.45, 2.75) is 0 Å². The van der Waals surface area contributed by atoms with E-state index in [1.807, 2.05) is 0 Å². The molecule has 0 fully saturated rings. The molecule has 0 saturated heterocycles. The lowest BCUT2D eigenvalue weighted by Gasteiger charge is -2.03. The summed E-state index contributed by atoms with van der Waals surface area (Å²) in [5.74, 6) is -1.56. The van der Waals surface area contributed by atoms with Gasteiger partial charge in [-0.3, -0.25) is 4.40 Å². The van der Waals surface area contributed by atoms with Crippen LogP contribution < -0.4 is 0 Å². The Hall–Kier alpha value is -2.01. The van der Waals surface area contributed by atoms with Crippen molar-refractivity contribution in [2.75, 3.05) is 0 Å². The maximum absolute atomic E-state index is 13.7. The predicted octanol–water partition coefficient (Wildman–Crippen LogP) is 3.33. The number of nitrogens with zero attached hydrogens (tertiary/aromatic N) is 3. The third kappa shape index (κ3) is 1.55. The summed E-state index contributed by atoms with van der Waals surface area (Å²) in [6, 6.07) is 3.95. The van der Waals surface area contributed by atoms with Crippen LogP contribution in [-0.4, -0.2) is 14.4 Å². The zero-order valence-electron chi connectivity index (χ0n) is 8.94. The second-order valence-electron chi connectivity index (χ2n) is 3.66.